The summed E-state index contributed by atoms with van der Waals surface area (Å²) in [5.41, 5.74) is 2.58. The highest BCUT2D eigenvalue weighted by atomic mass is 32.1. The third-order valence-corrected chi connectivity index (χ3v) is 4.79. The Morgan fingerprint density at radius 1 is 1.44 bits per heavy atom. The average molecular weight is 232 g/mol. The topological polar surface area (TPSA) is 38.1 Å². The third-order valence-electron chi connectivity index (χ3n) is 3.80. The van der Waals surface area contributed by atoms with Crippen LogP contribution in [0.5, 0.6) is 0 Å². The zero-order valence-electron chi connectivity index (χ0n) is 8.71. The largest absolute Gasteiger partial charge is 0.393 e. The summed E-state index contributed by atoms with van der Waals surface area (Å²) in [7, 11) is 0. The van der Waals surface area contributed by atoms with E-state index in [2.05, 4.69) is 21.0 Å². The van der Waals surface area contributed by atoms with Crippen LogP contribution in [-0.4, -0.2) is 20.8 Å². The summed E-state index contributed by atoms with van der Waals surface area (Å²) in [6.07, 6.45) is 5.65. The molecule has 16 heavy (non-hydrogen) atoms. The van der Waals surface area contributed by atoms with Crippen molar-refractivity contribution in [1.82, 2.24) is 9.55 Å². The molecule has 2 aromatic heterocycles. The van der Waals surface area contributed by atoms with Gasteiger partial charge in [0.05, 0.1) is 30.4 Å². The van der Waals surface area contributed by atoms with Gasteiger partial charge in [-0.1, -0.05) is 0 Å². The van der Waals surface area contributed by atoms with E-state index in [-0.39, 0.29) is 6.10 Å². The van der Waals surface area contributed by atoms with Gasteiger partial charge in [0.25, 0.3) is 0 Å². The highest BCUT2D eigenvalue weighted by Gasteiger charge is 2.41. The van der Waals surface area contributed by atoms with E-state index in [4.69, 9.17) is 0 Å². The Hall–Kier alpha value is -1.13. The first-order valence-corrected chi connectivity index (χ1v) is 6.50. The van der Waals surface area contributed by atoms with Gasteiger partial charge in [0, 0.05) is 10.4 Å². The molecule has 1 aliphatic heterocycles. The first-order valence-electron chi connectivity index (χ1n) is 5.62. The molecule has 4 heteroatoms. The quantitative estimate of drug-likeness (QED) is 0.819. The molecule has 0 spiro atoms. The minimum atomic E-state index is -0.0824. The number of imidazole rings is 1. The monoisotopic (exact) mass is 232 g/mol. The fraction of sp³-hybridized carbons (Fsp3) is 0.417. The van der Waals surface area contributed by atoms with Gasteiger partial charge in [0.1, 0.15) is 0 Å². The molecule has 1 N–H and O–H groups in total. The molecule has 3 nitrogen and oxygen atoms in total. The van der Waals surface area contributed by atoms with E-state index in [9.17, 15) is 5.11 Å². The van der Waals surface area contributed by atoms with Crippen molar-refractivity contribution in [3.8, 4) is 11.3 Å². The first kappa shape index (κ1) is 8.96. The molecule has 0 saturated heterocycles. The van der Waals surface area contributed by atoms with Crippen molar-refractivity contribution in [2.45, 2.75) is 25.0 Å². The lowest BCUT2D eigenvalue weighted by Crippen LogP contribution is -2.34. The second kappa shape index (κ2) is 2.96. The number of aromatic nitrogens is 2. The Kier molecular flexibility index (Phi) is 1.66. The number of hydrogen-bond acceptors (Lipinski definition) is 3. The first-order chi connectivity index (χ1) is 7.84. The summed E-state index contributed by atoms with van der Waals surface area (Å²) in [4.78, 5) is 5.69. The summed E-state index contributed by atoms with van der Waals surface area (Å²) in [5, 5.41) is 11.6. The summed E-state index contributed by atoms with van der Waals surface area (Å²) in [6.45, 7) is 0. The minimum absolute atomic E-state index is 0.0824. The summed E-state index contributed by atoms with van der Waals surface area (Å²) >= 11 is 1.83. The van der Waals surface area contributed by atoms with Crippen molar-refractivity contribution in [3.05, 3.63) is 28.8 Å². The van der Waals surface area contributed by atoms with Crippen LogP contribution in [0.15, 0.2) is 24.0 Å². The normalized spacial score (nSPS) is 30.9. The number of aliphatic hydroxyl groups excluding tert-OH is 1. The van der Waals surface area contributed by atoms with Crippen molar-refractivity contribution >= 4 is 11.3 Å². The van der Waals surface area contributed by atoms with Gasteiger partial charge in [-0.05, 0) is 30.2 Å². The molecule has 0 aromatic carbocycles. The van der Waals surface area contributed by atoms with E-state index < -0.39 is 0 Å². The van der Waals surface area contributed by atoms with Gasteiger partial charge in [-0.15, -0.1) is 11.3 Å². The fourth-order valence-electron chi connectivity index (χ4n) is 2.95. The molecule has 3 heterocycles. The smallest absolute Gasteiger partial charge is 0.0957 e. The molecule has 1 atom stereocenters. The van der Waals surface area contributed by atoms with Crippen LogP contribution in [0.3, 0.4) is 0 Å². The number of fused-ring (bicyclic) bond motifs is 3. The SMILES string of the molecule is OC1CC([C@@H]2c3sccc3-c3cncn32)C1. The lowest BCUT2D eigenvalue weighted by atomic mass is 9.77. The lowest BCUT2D eigenvalue weighted by Gasteiger charge is -2.36. The van der Waals surface area contributed by atoms with Gasteiger partial charge in [0.15, 0.2) is 0 Å². The molecule has 0 amide bonds. The highest BCUT2D eigenvalue weighted by molar-refractivity contribution is 7.10. The lowest BCUT2D eigenvalue weighted by molar-refractivity contribution is 0.0268. The van der Waals surface area contributed by atoms with Gasteiger partial charge >= 0.3 is 0 Å². The molecule has 2 aromatic rings. The second-order valence-corrected chi connectivity index (χ2v) is 5.66. The summed E-state index contributed by atoms with van der Waals surface area (Å²) in [5.74, 6) is 0.586. The molecule has 1 fully saturated rings. The molecular weight excluding hydrogens is 220 g/mol. The summed E-state index contributed by atoms with van der Waals surface area (Å²) < 4.78 is 2.28. The van der Waals surface area contributed by atoms with Crippen LogP contribution >= 0.6 is 11.3 Å². The fourth-order valence-corrected chi connectivity index (χ4v) is 4.05. The molecule has 4 rings (SSSR count). The minimum Gasteiger partial charge on any atom is -0.393 e. The molecule has 0 radical (unpaired) electrons. The molecule has 82 valence electrons. The van der Waals surface area contributed by atoms with E-state index in [1.54, 1.807) is 0 Å². The maximum atomic E-state index is 9.45. The van der Waals surface area contributed by atoms with Gasteiger partial charge in [-0.25, -0.2) is 4.98 Å². The Morgan fingerprint density at radius 3 is 3.12 bits per heavy atom. The van der Waals surface area contributed by atoms with E-state index in [0.717, 1.165) is 12.8 Å². The van der Waals surface area contributed by atoms with Crippen molar-refractivity contribution in [3.63, 3.8) is 0 Å². The highest BCUT2D eigenvalue weighted by Crippen LogP contribution is 2.50. The molecule has 0 bridgehead atoms. The maximum Gasteiger partial charge on any atom is 0.0957 e. The predicted octanol–water partition coefficient (Wildman–Crippen LogP) is 2.29. The van der Waals surface area contributed by atoms with Gasteiger partial charge in [0.2, 0.25) is 0 Å². The van der Waals surface area contributed by atoms with Crippen LogP contribution in [-0.2, 0) is 0 Å². The Morgan fingerprint density at radius 2 is 2.31 bits per heavy atom. The number of hydrogen-bond donors (Lipinski definition) is 1. The Labute approximate surface area is 97.4 Å². The number of nitrogens with zero attached hydrogens (tertiary/aromatic N) is 2. The van der Waals surface area contributed by atoms with Crippen LogP contribution in [0, 0.1) is 5.92 Å². The van der Waals surface area contributed by atoms with Crippen LogP contribution < -0.4 is 0 Å². The third kappa shape index (κ3) is 0.987. The van der Waals surface area contributed by atoms with E-state index >= 15 is 0 Å². The van der Waals surface area contributed by atoms with Crippen LogP contribution in [0.4, 0.5) is 0 Å². The Balaban J connectivity index is 1.83. The van der Waals surface area contributed by atoms with Crippen LogP contribution in [0.25, 0.3) is 11.3 Å². The zero-order chi connectivity index (χ0) is 10.7. The number of aliphatic hydroxyl groups is 1. The molecule has 2 aliphatic rings. The van der Waals surface area contributed by atoms with Gasteiger partial charge in [-0.3, -0.25) is 0 Å². The van der Waals surface area contributed by atoms with Crippen molar-refractivity contribution < 1.29 is 5.11 Å². The second-order valence-electron chi connectivity index (χ2n) is 4.71. The van der Waals surface area contributed by atoms with E-state index in [1.165, 1.54) is 16.1 Å². The van der Waals surface area contributed by atoms with Gasteiger partial charge in [-0.2, -0.15) is 0 Å². The van der Waals surface area contributed by atoms with E-state index in [0.29, 0.717) is 12.0 Å². The standard InChI is InChI=1S/C12H12N2OS/c15-8-3-7(4-8)11-12-9(1-2-16-12)10-5-13-6-14(10)11/h1-2,5-8,11,15H,3-4H2/t7?,8?,11-/m1/s1. The summed E-state index contributed by atoms with van der Waals surface area (Å²) in [6, 6.07) is 2.61. The van der Waals surface area contributed by atoms with Crippen molar-refractivity contribution in [2.24, 2.45) is 5.92 Å². The number of thiophene rings is 1. The molecule has 1 saturated carbocycles. The molecule has 1 aliphatic carbocycles. The number of rotatable bonds is 1. The van der Waals surface area contributed by atoms with Crippen LogP contribution in [0.1, 0.15) is 23.8 Å². The van der Waals surface area contributed by atoms with Gasteiger partial charge < -0.3 is 9.67 Å². The molecular formula is C12H12N2OS. The van der Waals surface area contributed by atoms with Crippen LogP contribution in [0.2, 0.25) is 0 Å². The van der Waals surface area contributed by atoms with Crippen molar-refractivity contribution in [1.29, 1.82) is 0 Å². The predicted molar refractivity (Wildman–Crippen MR) is 62.4 cm³/mol. The van der Waals surface area contributed by atoms with E-state index in [1.807, 2.05) is 23.9 Å². The Bertz CT molecular complexity index is 498. The molecule has 0 unspecified atom stereocenters. The maximum absolute atomic E-state index is 9.45. The zero-order valence-corrected chi connectivity index (χ0v) is 9.52. The average Bonchev–Trinajstić information content (AvgIpc) is 2.84. The van der Waals surface area contributed by atoms with Crippen molar-refractivity contribution in [2.75, 3.05) is 0 Å².